The third kappa shape index (κ3) is 11.2. The van der Waals surface area contributed by atoms with Gasteiger partial charge >= 0.3 is 0 Å². The molecule has 108 valence electrons. The Hall–Kier alpha value is 0.107. The average Bonchev–Trinajstić information content (AvgIpc) is 2.24. The minimum absolute atomic E-state index is 1.18. The molecule has 0 aromatic heterocycles. The second-order valence-electron chi connectivity index (χ2n) is 6.12. The Labute approximate surface area is 120 Å². The van der Waals surface area contributed by atoms with E-state index in [0.29, 0.717) is 0 Å². The maximum Gasteiger partial charge on any atom is 0.242 e. The first-order chi connectivity index (χ1) is 8.37. The van der Waals surface area contributed by atoms with Gasteiger partial charge in [-0.25, -0.2) is 0 Å². The topological polar surface area (TPSA) is 9.23 Å². The molecule has 0 rings (SSSR count). The Morgan fingerprint density at radius 3 is 2.00 bits per heavy atom. The fourth-order valence-electron chi connectivity index (χ4n) is 1.60. The Morgan fingerprint density at radius 1 is 0.944 bits per heavy atom. The molecule has 0 fully saturated rings. The summed E-state index contributed by atoms with van der Waals surface area (Å²) >= 11 is 1.91. The van der Waals surface area contributed by atoms with Crippen LogP contribution in [0.5, 0.6) is 0 Å². The lowest BCUT2D eigenvalue weighted by molar-refractivity contribution is 0.457. The van der Waals surface area contributed by atoms with Crippen LogP contribution in [0.1, 0.15) is 59.3 Å². The number of rotatable bonds is 10. The molecule has 0 spiro atoms. The molecule has 0 unspecified atom stereocenters. The van der Waals surface area contributed by atoms with Crippen molar-refractivity contribution in [2.45, 2.75) is 78.9 Å². The third-order valence-corrected chi connectivity index (χ3v) is 4.75. The van der Waals surface area contributed by atoms with Crippen LogP contribution in [0.4, 0.5) is 0 Å². The van der Waals surface area contributed by atoms with E-state index in [1.165, 1.54) is 54.9 Å². The summed E-state index contributed by atoms with van der Waals surface area (Å²) in [6.07, 6.45) is 8.22. The van der Waals surface area contributed by atoms with Crippen LogP contribution < -0.4 is 0 Å². The Bertz CT molecular complexity index is 239. The highest BCUT2D eigenvalue weighted by atomic mass is 32.2. The number of unbranched alkanes of at least 4 members (excludes halogenated alkanes) is 5. The van der Waals surface area contributed by atoms with E-state index in [-0.39, 0.29) is 0 Å². The standard InChI is InChI=1S/C15H32OSSi/c1-7-8-9-10-11-12-13-17-15(14(2)3)16-18(4,5)6/h7-13H2,1-6H3. The van der Waals surface area contributed by atoms with Crippen molar-refractivity contribution in [3.8, 4) is 0 Å². The van der Waals surface area contributed by atoms with Gasteiger partial charge < -0.3 is 4.43 Å². The highest BCUT2D eigenvalue weighted by molar-refractivity contribution is 8.02. The molecular formula is C15H32OSSi. The first kappa shape index (κ1) is 18.1. The first-order valence-electron chi connectivity index (χ1n) is 7.36. The van der Waals surface area contributed by atoms with Crippen molar-refractivity contribution in [3.63, 3.8) is 0 Å². The van der Waals surface area contributed by atoms with Crippen molar-refractivity contribution in [3.05, 3.63) is 10.7 Å². The van der Waals surface area contributed by atoms with Gasteiger partial charge in [0.15, 0.2) is 0 Å². The zero-order valence-electron chi connectivity index (χ0n) is 13.3. The van der Waals surface area contributed by atoms with Crippen molar-refractivity contribution >= 4 is 20.1 Å². The van der Waals surface area contributed by atoms with Gasteiger partial charge in [-0.1, -0.05) is 50.8 Å². The molecule has 0 saturated heterocycles. The van der Waals surface area contributed by atoms with Gasteiger partial charge in [0.05, 0.1) is 0 Å². The van der Waals surface area contributed by atoms with Crippen molar-refractivity contribution in [1.29, 1.82) is 0 Å². The number of thioether (sulfide) groups is 1. The molecule has 0 atom stereocenters. The molecule has 1 nitrogen and oxygen atoms in total. The fourth-order valence-corrected chi connectivity index (χ4v) is 4.17. The molecule has 0 saturated carbocycles. The Morgan fingerprint density at radius 2 is 1.50 bits per heavy atom. The van der Waals surface area contributed by atoms with Gasteiger partial charge in [-0.05, 0) is 45.5 Å². The molecule has 0 N–H and O–H groups in total. The average molecular weight is 289 g/mol. The van der Waals surface area contributed by atoms with Gasteiger partial charge in [-0.2, -0.15) is 0 Å². The van der Waals surface area contributed by atoms with Crippen LogP contribution >= 0.6 is 11.8 Å². The van der Waals surface area contributed by atoms with Crippen molar-refractivity contribution in [1.82, 2.24) is 0 Å². The second kappa shape index (κ2) is 9.96. The van der Waals surface area contributed by atoms with Gasteiger partial charge in [0.25, 0.3) is 0 Å². The fraction of sp³-hybridized carbons (Fsp3) is 0.867. The lowest BCUT2D eigenvalue weighted by Gasteiger charge is -2.22. The van der Waals surface area contributed by atoms with Crippen LogP contribution in [-0.2, 0) is 4.43 Å². The number of hydrogen-bond acceptors (Lipinski definition) is 2. The minimum Gasteiger partial charge on any atom is -0.540 e. The molecule has 18 heavy (non-hydrogen) atoms. The van der Waals surface area contributed by atoms with Crippen LogP contribution in [0.3, 0.4) is 0 Å². The number of allylic oxidation sites excluding steroid dienone is 1. The molecule has 0 bridgehead atoms. The lowest BCUT2D eigenvalue weighted by atomic mass is 10.1. The monoisotopic (exact) mass is 288 g/mol. The van der Waals surface area contributed by atoms with E-state index < -0.39 is 8.32 Å². The normalized spacial score (nSPS) is 11.4. The van der Waals surface area contributed by atoms with Crippen molar-refractivity contribution in [2.24, 2.45) is 0 Å². The van der Waals surface area contributed by atoms with Gasteiger partial charge in [0.2, 0.25) is 8.32 Å². The predicted molar refractivity (Wildman–Crippen MR) is 88.6 cm³/mol. The smallest absolute Gasteiger partial charge is 0.242 e. The van der Waals surface area contributed by atoms with Gasteiger partial charge in [0.1, 0.15) is 5.09 Å². The summed E-state index contributed by atoms with van der Waals surface area (Å²) in [6.45, 7) is 13.3. The van der Waals surface area contributed by atoms with Crippen molar-refractivity contribution in [2.75, 3.05) is 5.75 Å². The van der Waals surface area contributed by atoms with Crippen LogP contribution in [0.25, 0.3) is 0 Å². The summed E-state index contributed by atoms with van der Waals surface area (Å²) < 4.78 is 6.13. The van der Waals surface area contributed by atoms with E-state index in [1.807, 2.05) is 11.8 Å². The highest BCUT2D eigenvalue weighted by Crippen LogP contribution is 2.26. The molecular weight excluding hydrogens is 256 g/mol. The first-order valence-corrected chi connectivity index (χ1v) is 11.8. The molecule has 0 heterocycles. The van der Waals surface area contributed by atoms with Gasteiger partial charge in [0, 0.05) is 5.75 Å². The maximum absolute atomic E-state index is 6.13. The van der Waals surface area contributed by atoms with Crippen LogP contribution in [0.15, 0.2) is 10.7 Å². The molecule has 3 heteroatoms. The van der Waals surface area contributed by atoms with Gasteiger partial charge in [-0.15, -0.1) is 0 Å². The molecule has 0 radical (unpaired) electrons. The summed E-state index contributed by atoms with van der Waals surface area (Å²) in [6, 6.07) is 0. The molecule has 0 aliphatic carbocycles. The summed E-state index contributed by atoms with van der Waals surface area (Å²) in [7, 11) is -1.45. The summed E-state index contributed by atoms with van der Waals surface area (Å²) in [5, 5.41) is 1.18. The van der Waals surface area contributed by atoms with Crippen LogP contribution in [-0.4, -0.2) is 14.1 Å². The lowest BCUT2D eigenvalue weighted by Crippen LogP contribution is -2.24. The molecule has 0 aromatic carbocycles. The Balaban J connectivity index is 3.77. The van der Waals surface area contributed by atoms with E-state index in [2.05, 4.69) is 40.4 Å². The largest absolute Gasteiger partial charge is 0.540 e. The minimum atomic E-state index is -1.45. The summed E-state index contributed by atoms with van der Waals surface area (Å²) in [5.41, 5.74) is 1.33. The maximum atomic E-state index is 6.13. The van der Waals surface area contributed by atoms with Crippen LogP contribution in [0, 0.1) is 0 Å². The zero-order chi connectivity index (χ0) is 14.0. The highest BCUT2D eigenvalue weighted by Gasteiger charge is 2.18. The molecule has 0 amide bonds. The molecule has 0 aliphatic rings. The Kier molecular flexibility index (Phi) is 10.0. The van der Waals surface area contributed by atoms with E-state index >= 15 is 0 Å². The van der Waals surface area contributed by atoms with E-state index in [9.17, 15) is 0 Å². The van der Waals surface area contributed by atoms with Crippen LogP contribution in [0.2, 0.25) is 19.6 Å². The summed E-state index contributed by atoms with van der Waals surface area (Å²) in [5.74, 6) is 1.21. The van der Waals surface area contributed by atoms with Gasteiger partial charge in [-0.3, -0.25) is 0 Å². The quantitative estimate of drug-likeness (QED) is 0.269. The van der Waals surface area contributed by atoms with E-state index in [1.54, 1.807) is 0 Å². The summed E-state index contributed by atoms with van der Waals surface area (Å²) in [4.78, 5) is 0. The van der Waals surface area contributed by atoms with E-state index in [0.717, 1.165) is 0 Å². The molecule has 0 aromatic rings. The second-order valence-corrected chi connectivity index (χ2v) is 11.6. The SMILES string of the molecule is CCCCCCCCSC(O[Si](C)(C)C)=C(C)C. The van der Waals surface area contributed by atoms with E-state index in [4.69, 9.17) is 4.43 Å². The zero-order valence-corrected chi connectivity index (χ0v) is 15.1. The molecule has 0 aliphatic heterocycles. The predicted octanol–water partition coefficient (Wildman–Crippen LogP) is 6.18. The van der Waals surface area contributed by atoms with Crippen molar-refractivity contribution < 1.29 is 4.43 Å². The number of hydrogen-bond donors (Lipinski definition) is 0. The third-order valence-electron chi connectivity index (χ3n) is 2.54.